The molecule has 0 aliphatic rings. The fourth-order valence-corrected chi connectivity index (χ4v) is 2.45. The highest BCUT2D eigenvalue weighted by Gasteiger charge is 2.11. The molecule has 2 aromatic carbocycles. The van der Waals surface area contributed by atoms with E-state index < -0.39 is 0 Å². The zero-order chi connectivity index (χ0) is 15.2. The summed E-state index contributed by atoms with van der Waals surface area (Å²) in [4.78, 5) is 12.4. The number of anilines is 2. The molecule has 0 aliphatic carbocycles. The Hall–Kier alpha value is -1.71. The van der Waals surface area contributed by atoms with Crippen LogP contribution < -0.4 is 10.6 Å². The highest BCUT2D eigenvalue weighted by atomic mass is 35.5. The van der Waals surface area contributed by atoms with Gasteiger partial charge in [-0.25, -0.2) is 0 Å². The van der Waals surface area contributed by atoms with Gasteiger partial charge in [0.25, 0.3) is 5.91 Å². The molecule has 0 atom stereocenters. The van der Waals surface area contributed by atoms with Crippen LogP contribution in [0.25, 0.3) is 0 Å². The lowest BCUT2D eigenvalue weighted by Gasteiger charge is -2.12. The fraction of sp³-hybridized carbons (Fsp3) is 0.188. The summed E-state index contributed by atoms with van der Waals surface area (Å²) in [7, 11) is 0. The Bertz CT molecular complexity index is 624. The minimum Gasteiger partial charge on any atom is -0.384 e. The summed E-state index contributed by atoms with van der Waals surface area (Å²) < 4.78 is 0. The molecule has 0 heterocycles. The van der Waals surface area contributed by atoms with Crippen molar-refractivity contribution in [3.05, 3.63) is 58.1 Å². The van der Waals surface area contributed by atoms with Gasteiger partial charge in [-0.1, -0.05) is 42.3 Å². The Morgan fingerprint density at radius 1 is 1.10 bits per heavy atom. The lowest BCUT2D eigenvalue weighted by atomic mass is 10.1. The van der Waals surface area contributed by atoms with Gasteiger partial charge in [0.05, 0.1) is 5.56 Å². The van der Waals surface area contributed by atoms with Gasteiger partial charge in [-0.2, -0.15) is 0 Å². The van der Waals surface area contributed by atoms with Crippen LogP contribution in [0.15, 0.2) is 42.5 Å². The molecule has 2 aromatic rings. The van der Waals surface area contributed by atoms with Gasteiger partial charge in [-0.05, 0) is 36.8 Å². The fourth-order valence-electron chi connectivity index (χ4n) is 1.92. The molecule has 0 spiro atoms. The highest BCUT2D eigenvalue weighted by Crippen LogP contribution is 2.24. The van der Waals surface area contributed by atoms with Crippen LogP contribution in [-0.4, -0.2) is 12.5 Å². The first-order valence-electron chi connectivity index (χ1n) is 6.70. The number of halogens is 2. The average molecular weight is 323 g/mol. The molecule has 110 valence electrons. The van der Waals surface area contributed by atoms with E-state index in [0.717, 1.165) is 18.7 Å². The van der Waals surface area contributed by atoms with E-state index in [1.54, 1.807) is 24.3 Å². The van der Waals surface area contributed by atoms with E-state index in [9.17, 15) is 4.79 Å². The first kappa shape index (κ1) is 15.7. The van der Waals surface area contributed by atoms with Crippen molar-refractivity contribution in [3.63, 3.8) is 0 Å². The second-order valence-corrected chi connectivity index (χ2v) is 5.46. The Kier molecular flexibility index (Phi) is 5.48. The summed E-state index contributed by atoms with van der Waals surface area (Å²) in [6.45, 7) is 2.89. The lowest BCUT2D eigenvalue weighted by molar-refractivity contribution is 0.102. The second kappa shape index (κ2) is 7.34. The third-order valence-corrected chi connectivity index (χ3v) is 3.29. The summed E-state index contributed by atoms with van der Waals surface area (Å²) in [6, 6.07) is 12.3. The van der Waals surface area contributed by atoms with Gasteiger partial charge >= 0.3 is 0 Å². The Labute approximate surface area is 134 Å². The maximum atomic E-state index is 12.4. The molecule has 0 aromatic heterocycles. The number of nitrogens with one attached hydrogen (secondary N) is 2. The summed E-state index contributed by atoms with van der Waals surface area (Å²) >= 11 is 11.9. The molecule has 3 nitrogen and oxygen atoms in total. The molecular formula is C16H16Cl2N2O. The Morgan fingerprint density at radius 2 is 1.76 bits per heavy atom. The largest absolute Gasteiger partial charge is 0.384 e. The smallest absolute Gasteiger partial charge is 0.257 e. The molecule has 0 unspecified atom stereocenters. The van der Waals surface area contributed by atoms with E-state index in [-0.39, 0.29) is 5.91 Å². The Balaban J connectivity index is 2.20. The van der Waals surface area contributed by atoms with E-state index in [1.807, 2.05) is 18.2 Å². The van der Waals surface area contributed by atoms with E-state index in [4.69, 9.17) is 23.2 Å². The Morgan fingerprint density at radius 3 is 2.43 bits per heavy atom. The molecule has 0 radical (unpaired) electrons. The highest BCUT2D eigenvalue weighted by molar-refractivity contribution is 6.35. The average Bonchev–Trinajstić information content (AvgIpc) is 2.44. The van der Waals surface area contributed by atoms with Crippen LogP contribution in [0.3, 0.4) is 0 Å². The maximum absolute atomic E-state index is 12.4. The number of carbonyl (C=O) groups is 1. The number of para-hydroxylation sites is 1. The van der Waals surface area contributed by atoms with E-state index in [0.29, 0.717) is 21.3 Å². The van der Waals surface area contributed by atoms with E-state index in [2.05, 4.69) is 17.6 Å². The molecule has 0 bridgehead atoms. The molecule has 2 N–H and O–H groups in total. The number of benzene rings is 2. The predicted molar refractivity (Wildman–Crippen MR) is 89.6 cm³/mol. The summed E-state index contributed by atoms with van der Waals surface area (Å²) in [5.41, 5.74) is 1.97. The summed E-state index contributed by atoms with van der Waals surface area (Å²) in [5.74, 6) is -0.201. The molecule has 5 heteroatoms. The second-order valence-electron chi connectivity index (χ2n) is 4.58. The van der Waals surface area contributed by atoms with Crippen molar-refractivity contribution in [2.24, 2.45) is 0 Å². The number of rotatable bonds is 5. The van der Waals surface area contributed by atoms with Crippen molar-refractivity contribution < 1.29 is 4.79 Å². The lowest BCUT2D eigenvalue weighted by Crippen LogP contribution is -2.15. The van der Waals surface area contributed by atoms with Gasteiger partial charge in [0.2, 0.25) is 0 Å². The van der Waals surface area contributed by atoms with Crippen LogP contribution in [0.2, 0.25) is 10.0 Å². The van der Waals surface area contributed by atoms with E-state index in [1.165, 1.54) is 0 Å². The van der Waals surface area contributed by atoms with Crippen molar-refractivity contribution in [3.8, 4) is 0 Å². The number of hydrogen-bond acceptors (Lipinski definition) is 2. The predicted octanol–water partition coefficient (Wildman–Crippen LogP) is 5.07. The van der Waals surface area contributed by atoms with Crippen molar-refractivity contribution in [1.29, 1.82) is 0 Å². The minimum absolute atomic E-state index is 0.201. The van der Waals surface area contributed by atoms with Crippen molar-refractivity contribution in [2.45, 2.75) is 13.3 Å². The monoisotopic (exact) mass is 322 g/mol. The topological polar surface area (TPSA) is 41.1 Å². The first-order valence-corrected chi connectivity index (χ1v) is 7.46. The molecule has 0 saturated heterocycles. The van der Waals surface area contributed by atoms with Crippen LogP contribution in [0.5, 0.6) is 0 Å². The van der Waals surface area contributed by atoms with Gasteiger partial charge in [0.1, 0.15) is 0 Å². The van der Waals surface area contributed by atoms with Crippen LogP contribution in [-0.2, 0) is 0 Å². The zero-order valence-corrected chi connectivity index (χ0v) is 13.1. The quantitative estimate of drug-likeness (QED) is 0.807. The van der Waals surface area contributed by atoms with Crippen LogP contribution in [0.4, 0.5) is 11.4 Å². The van der Waals surface area contributed by atoms with Crippen molar-refractivity contribution in [1.82, 2.24) is 0 Å². The third-order valence-electron chi connectivity index (χ3n) is 2.86. The molecule has 21 heavy (non-hydrogen) atoms. The number of carbonyl (C=O) groups excluding carboxylic acids is 1. The molecule has 0 saturated carbocycles. The normalized spacial score (nSPS) is 10.2. The SMILES string of the molecule is CCCNc1ccccc1C(=O)Nc1cc(Cl)cc(Cl)c1. The van der Waals surface area contributed by atoms with Gasteiger partial charge in [-0.15, -0.1) is 0 Å². The first-order chi connectivity index (χ1) is 10.1. The van der Waals surface area contributed by atoms with Crippen molar-refractivity contribution >= 4 is 40.5 Å². The number of hydrogen-bond donors (Lipinski definition) is 2. The molecule has 0 fully saturated rings. The third kappa shape index (κ3) is 4.38. The van der Waals surface area contributed by atoms with Crippen molar-refractivity contribution in [2.75, 3.05) is 17.2 Å². The molecule has 0 aliphatic heterocycles. The van der Waals surface area contributed by atoms with Gasteiger partial charge in [0, 0.05) is 28.0 Å². The van der Waals surface area contributed by atoms with Crippen LogP contribution >= 0.6 is 23.2 Å². The molecule has 1 amide bonds. The van der Waals surface area contributed by atoms with Crippen LogP contribution in [0.1, 0.15) is 23.7 Å². The van der Waals surface area contributed by atoms with Crippen LogP contribution in [0, 0.1) is 0 Å². The van der Waals surface area contributed by atoms with Gasteiger partial charge < -0.3 is 10.6 Å². The molecular weight excluding hydrogens is 307 g/mol. The summed E-state index contributed by atoms with van der Waals surface area (Å²) in [5, 5.41) is 7.01. The summed E-state index contributed by atoms with van der Waals surface area (Å²) in [6.07, 6.45) is 0.986. The van der Waals surface area contributed by atoms with E-state index >= 15 is 0 Å². The van der Waals surface area contributed by atoms with Gasteiger partial charge in [-0.3, -0.25) is 4.79 Å². The zero-order valence-electron chi connectivity index (χ0n) is 11.6. The van der Waals surface area contributed by atoms with Gasteiger partial charge in [0.15, 0.2) is 0 Å². The number of amides is 1. The standard InChI is InChI=1S/C16H16Cl2N2O/c1-2-7-19-15-6-4-3-5-14(15)16(21)20-13-9-11(17)8-12(18)10-13/h3-6,8-10,19H,2,7H2,1H3,(H,20,21). The maximum Gasteiger partial charge on any atom is 0.257 e. The molecule has 2 rings (SSSR count). The minimum atomic E-state index is -0.201.